The van der Waals surface area contributed by atoms with Gasteiger partial charge in [0.2, 0.25) is 0 Å². The molecule has 0 atom stereocenters. The quantitative estimate of drug-likeness (QED) is 0.638. The highest BCUT2D eigenvalue weighted by Gasteiger charge is 2.16. The van der Waals surface area contributed by atoms with Crippen LogP contribution in [0.3, 0.4) is 0 Å². The number of nitrogens with one attached hydrogen (secondary N) is 1. The molecule has 1 heterocycles. The summed E-state index contributed by atoms with van der Waals surface area (Å²) in [4.78, 5) is 35.9. The van der Waals surface area contributed by atoms with Crippen LogP contribution in [0, 0.1) is 6.92 Å². The lowest BCUT2D eigenvalue weighted by Crippen LogP contribution is -2.19. The molecule has 2 aromatic rings. The van der Waals surface area contributed by atoms with Gasteiger partial charge in [-0.05, 0) is 59.6 Å². The number of amides is 1. The summed E-state index contributed by atoms with van der Waals surface area (Å²) < 4.78 is 15.6. The molecule has 1 aromatic carbocycles. The van der Waals surface area contributed by atoms with Gasteiger partial charge in [0.15, 0.2) is 6.61 Å². The minimum Gasteiger partial charge on any atom is -0.483 e. The van der Waals surface area contributed by atoms with E-state index in [1.165, 1.54) is 13.2 Å². The fourth-order valence-corrected chi connectivity index (χ4v) is 3.60. The molecule has 0 spiro atoms. The standard InChI is InChI=1S/C18H18BrNO6S/c1-4-25-18(23)16-10(2)7-15(27-16)20-14(21)9-26-13-6-5-11(8-12(13)19)17(22)24-3/h5-8H,4,9H2,1-3H3,(H,20,21). The van der Waals surface area contributed by atoms with Crippen LogP contribution in [-0.4, -0.2) is 38.2 Å². The zero-order valence-electron chi connectivity index (χ0n) is 15.0. The molecule has 9 heteroatoms. The maximum Gasteiger partial charge on any atom is 0.348 e. The van der Waals surface area contributed by atoms with Gasteiger partial charge in [0.25, 0.3) is 5.91 Å². The highest BCUT2D eigenvalue weighted by atomic mass is 79.9. The maximum absolute atomic E-state index is 12.1. The first kappa shape index (κ1) is 20.9. The molecule has 2 rings (SSSR count). The molecule has 0 unspecified atom stereocenters. The second-order valence-electron chi connectivity index (χ2n) is 5.32. The first-order chi connectivity index (χ1) is 12.8. The molecule has 1 amide bonds. The molecule has 27 heavy (non-hydrogen) atoms. The third-order valence-corrected chi connectivity index (χ3v) is 5.11. The molecule has 1 N–H and O–H groups in total. The van der Waals surface area contributed by atoms with Crippen molar-refractivity contribution in [2.45, 2.75) is 13.8 Å². The van der Waals surface area contributed by atoms with Crippen molar-refractivity contribution in [2.75, 3.05) is 25.6 Å². The molecule has 0 saturated heterocycles. The first-order valence-corrected chi connectivity index (χ1v) is 9.54. The number of ether oxygens (including phenoxy) is 3. The number of aryl methyl sites for hydroxylation is 1. The van der Waals surface area contributed by atoms with E-state index < -0.39 is 11.9 Å². The Bertz CT molecular complexity index is 864. The minimum atomic E-state index is -0.467. The number of rotatable bonds is 7. The van der Waals surface area contributed by atoms with E-state index in [1.807, 2.05) is 0 Å². The summed E-state index contributed by atoms with van der Waals surface area (Å²) in [5.74, 6) is -0.847. The summed E-state index contributed by atoms with van der Waals surface area (Å²) in [6.07, 6.45) is 0. The molecule has 1 aromatic heterocycles. The SMILES string of the molecule is CCOC(=O)c1sc(NC(=O)COc2ccc(C(=O)OC)cc2Br)cc1C. The zero-order chi connectivity index (χ0) is 20.0. The lowest BCUT2D eigenvalue weighted by molar-refractivity contribution is -0.118. The number of hydrogen-bond acceptors (Lipinski definition) is 7. The highest BCUT2D eigenvalue weighted by Crippen LogP contribution is 2.28. The van der Waals surface area contributed by atoms with Crippen LogP contribution in [0.2, 0.25) is 0 Å². The van der Waals surface area contributed by atoms with Gasteiger partial charge < -0.3 is 19.5 Å². The third kappa shape index (κ3) is 5.54. The Kier molecular flexibility index (Phi) is 7.37. The van der Waals surface area contributed by atoms with E-state index in [1.54, 1.807) is 32.0 Å². The van der Waals surface area contributed by atoms with Crippen LogP contribution in [0.25, 0.3) is 0 Å². The van der Waals surface area contributed by atoms with Gasteiger partial charge in [-0.3, -0.25) is 4.79 Å². The van der Waals surface area contributed by atoms with Gasteiger partial charge in [-0.1, -0.05) is 0 Å². The van der Waals surface area contributed by atoms with E-state index >= 15 is 0 Å². The fraction of sp³-hybridized carbons (Fsp3) is 0.278. The lowest BCUT2D eigenvalue weighted by atomic mass is 10.2. The summed E-state index contributed by atoms with van der Waals surface area (Å²) in [7, 11) is 1.30. The summed E-state index contributed by atoms with van der Waals surface area (Å²) >= 11 is 4.44. The summed E-state index contributed by atoms with van der Waals surface area (Å²) in [5.41, 5.74) is 1.09. The number of hydrogen-bond donors (Lipinski definition) is 1. The van der Waals surface area contributed by atoms with E-state index in [9.17, 15) is 14.4 Å². The van der Waals surface area contributed by atoms with Gasteiger partial charge in [-0.25, -0.2) is 9.59 Å². The number of halogens is 1. The maximum atomic E-state index is 12.1. The van der Waals surface area contributed by atoms with Crippen LogP contribution >= 0.6 is 27.3 Å². The average Bonchev–Trinajstić information content (AvgIpc) is 3.00. The summed E-state index contributed by atoms with van der Waals surface area (Å²) in [5, 5.41) is 3.22. The summed E-state index contributed by atoms with van der Waals surface area (Å²) in [6.45, 7) is 3.56. The van der Waals surface area contributed by atoms with E-state index in [4.69, 9.17) is 9.47 Å². The second-order valence-corrected chi connectivity index (χ2v) is 7.22. The Morgan fingerprint density at radius 2 is 1.93 bits per heavy atom. The molecule has 0 saturated carbocycles. The van der Waals surface area contributed by atoms with Crippen molar-refractivity contribution >= 4 is 50.1 Å². The predicted octanol–water partition coefficient (Wildman–Crippen LogP) is 3.80. The third-order valence-electron chi connectivity index (χ3n) is 3.35. The molecule has 0 aliphatic carbocycles. The van der Waals surface area contributed by atoms with Crippen molar-refractivity contribution in [3.63, 3.8) is 0 Å². The topological polar surface area (TPSA) is 90.9 Å². The fourth-order valence-electron chi connectivity index (χ4n) is 2.12. The predicted molar refractivity (Wildman–Crippen MR) is 105 cm³/mol. The van der Waals surface area contributed by atoms with Crippen LogP contribution in [0.15, 0.2) is 28.7 Å². The number of carbonyl (C=O) groups is 3. The van der Waals surface area contributed by atoms with Crippen molar-refractivity contribution in [2.24, 2.45) is 0 Å². The molecule has 0 fully saturated rings. The van der Waals surface area contributed by atoms with Gasteiger partial charge in [0, 0.05) is 0 Å². The number of benzene rings is 1. The molecule has 7 nitrogen and oxygen atoms in total. The molecule has 0 radical (unpaired) electrons. The van der Waals surface area contributed by atoms with Crippen molar-refractivity contribution in [3.05, 3.63) is 44.7 Å². The van der Waals surface area contributed by atoms with Gasteiger partial charge in [0.1, 0.15) is 10.6 Å². The number of methoxy groups -OCH3 is 1. The van der Waals surface area contributed by atoms with Gasteiger partial charge in [-0.2, -0.15) is 0 Å². The van der Waals surface area contributed by atoms with Crippen LogP contribution in [-0.2, 0) is 14.3 Å². The Balaban J connectivity index is 1.96. The van der Waals surface area contributed by atoms with Gasteiger partial charge >= 0.3 is 11.9 Å². The monoisotopic (exact) mass is 455 g/mol. The molecular formula is C18H18BrNO6S. The van der Waals surface area contributed by atoms with Crippen LogP contribution in [0.4, 0.5) is 5.00 Å². The van der Waals surface area contributed by atoms with Crippen molar-refractivity contribution in [1.29, 1.82) is 0 Å². The molecule has 0 bridgehead atoms. The Hall–Kier alpha value is -2.39. The number of anilines is 1. The Morgan fingerprint density at radius 1 is 1.19 bits per heavy atom. The molecule has 144 valence electrons. The van der Waals surface area contributed by atoms with E-state index in [0.717, 1.165) is 16.9 Å². The van der Waals surface area contributed by atoms with E-state index in [-0.39, 0.29) is 19.1 Å². The highest BCUT2D eigenvalue weighted by molar-refractivity contribution is 9.10. The average molecular weight is 456 g/mol. The molecule has 0 aliphatic heterocycles. The van der Waals surface area contributed by atoms with Gasteiger partial charge in [0.05, 0.1) is 28.8 Å². The van der Waals surface area contributed by atoms with Crippen LogP contribution < -0.4 is 10.1 Å². The van der Waals surface area contributed by atoms with Crippen LogP contribution in [0.1, 0.15) is 32.5 Å². The zero-order valence-corrected chi connectivity index (χ0v) is 17.4. The number of esters is 2. The van der Waals surface area contributed by atoms with E-state index in [0.29, 0.717) is 25.7 Å². The normalized spacial score (nSPS) is 10.2. The van der Waals surface area contributed by atoms with Crippen molar-refractivity contribution in [1.82, 2.24) is 0 Å². The second kappa shape index (κ2) is 9.52. The Morgan fingerprint density at radius 3 is 2.56 bits per heavy atom. The minimum absolute atomic E-state index is 0.234. The molecule has 0 aliphatic rings. The lowest BCUT2D eigenvalue weighted by Gasteiger charge is -2.09. The Labute approximate surface area is 168 Å². The number of thiophene rings is 1. The first-order valence-electron chi connectivity index (χ1n) is 7.93. The van der Waals surface area contributed by atoms with E-state index in [2.05, 4.69) is 26.0 Å². The summed E-state index contributed by atoms with van der Waals surface area (Å²) in [6, 6.07) is 6.36. The van der Waals surface area contributed by atoms with Gasteiger partial charge in [-0.15, -0.1) is 11.3 Å². The number of carbonyl (C=O) groups excluding carboxylic acids is 3. The van der Waals surface area contributed by atoms with Crippen LogP contribution in [0.5, 0.6) is 5.75 Å². The van der Waals surface area contributed by atoms with Crippen molar-refractivity contribution in [3.8, 4) is 5.75 Å². The smallest absolute Gasteiger partial charge is 0.348 e. The molecular weight excluding hydrogens is 438 g/mol. The largest absolute Gasteiger partial charge is 0.483 e. The van der Waals surface area contributed by atoms with Crippen molar-refractivity contribution < 1.29 is 28.6 Å².